The summed E-state index contributed by atoms with van der Waals surface area (Å²) in [6, 6.07) is 8.95. The Morgan fingerprint density at radius 2 is 2.11 bits per heavy atom. The minimum atomic E-state index is -0.139. The molecule has 1 aromatic heterocycles. The van der Waals surface area contributed by atoms with Crippen LogP contribution in [0, 0.1) is 6.92 Å². The monoisotopic (exact) mass is 341 g/mol. The number of aryl methyl sites for hydroxylation is 1. The Kier molecular flexibility index (Phi) is 4.32. The summed E-state index contributed by atoms with van der Waals surface area (Å²) in [5.41, 5.74) is 0.474. The van der Waals surface area contributed by atoms with E-state index < -0.39 is 0 Å². The van der Waals surface area contributed by atoms with E-state index in [4.69, 9.17) is 16.0 Å². The number of furan rings is 1. The van der Waals surface area contributed by atoms with Crippen LogP contribution in [-0.4, -0.2) is 17.9 Å². The molecule has 0 aliphatic carbocycles. The number of hydrogen-bond acceptors (Lipinski definition) is 2. The zero-order valence-electron chi connectivity index (χ0n) is 10.6. The Labute approximate surface area is 125 Å². The molecule has 1 aromatic carbocycles. The van der Waals surface area contributed by atoms with Crippen LogP contribution in [0.3, 0.4) is 0 Å². The van der Waals surface area contributed by atoms with Crippen LogP contribution in [-0.2, 0) is 6.54 Å². The summed E-state index contributed by atoms with van der Waals surface area (Å²) in [5.74, 6) is 1.44. The quantitative estimate of drug-likeness (QED) is 0.834. The van der Waals surface area contributed by atoms with Crippen molar-refractivity contribution in [1.82, 2.24) is 4.90 Å². The average molecular weight is 343 g/mol. The van der Waals surface area contributed by atoms with Gasteiger partial charge in [-0.3, -0.25) is 4.79 Å². The predicted octanol–water partition coefficient (Wildman–Crippen LogP) is 4.28. The number of rotatable bonds is 3. The van der Waals surface area contributed by atoms with Gasteiger partial charge in [0, 0.05) is 11.5 Å². The van der Waals surface area contributed by atoms with Crippen molar-refractivity contribution in [3.8, 4) is 0 Å². The Hall–Kier alpha value is -1.26. The first-order chi connectivity index (χ1) is 8.97. The van der Waals surface area contributed by atoms with Crippen molar-refractivity contribution >= 4 is 33.4 Å². The van der Waals surface area contributed by atoms with Crippen LogP contribution in [0.15, 0.2) is 39.2 Å². The van der Waals surface area contributed by atoms with Gasteiger partial charge in [0.2, 0.25) is 0 Å². The molecule has 2 aromatic rings. The van der Waals surface area contributed by atoms with Crippen LogP contribution >= 0.6 is 27.5 Å². The molecule has 0 radical (unpaired) electrons. The van der Waals surface area contributed by atoms with Crippen molar-refractivity contribution in [3.63, 3.8) is 0 Å². The summed E-state index contributed by atoms with van der Waals surface area (Å²) >= 11 is 9.39. The van der Waals surface area contributed by atoms with E-state index in [9.17, 15) is 4.79 Å². The van der Waals surface area contributed by atoms with E-state index >= 15 is 0 Å². The van der Waals surface area contributed by atoms with E-state index in [1.54, 1.807) is 30.1 Å². The first-order valence-electron chi connectivity index (χ1n) is 5.73. The Morgan fingerprint density at radius 1 is 1.37 bits per heavy atom. The van der Waals surface area contributed by atoms with Crippen LogP contribution in [0.5, 0.6) is 0 Å². The topological polar surface area (TPSA) is 33.5 Å². The molecule has 0 saturated heterocycles. The molecule has 0 N–H and O–H groups in total. The van der Waals surface area contributed by atoms with E-state index in [1.165, 1.54) is 0 Å². The second kappa shape index (κ2) is 5.80. The molecular weight excluding hydrogens is 330 g/mol. The van der Waals surface area contributed by atoms with Gasteiger partial charge in [-0.2, -0.15) is 0 Å². The lowest BCUT2D eigenvalue weighted by Crippen LogP contribution is -2.26. The largest absolute Gasteiger partial charge is 0.464 e. The SMILES string of the molecule is Cc1ccc(CN(C)C(=O)c2cc(Br)ccc2Cl)o1. The van der Waals surface area contributed by atoms with E-state index in [-0.39, 0.29) is 5.91 Å². The van der Waals surface area contributed by atoms with Crippen molar-refractivity contribution in [3.05, 3.63) is 56.9 Å². The van der Waals surface area contributed by atoms with Gasteiger partial charge in [-0.15, -0.1) is 0 Å². The number of carbonyl (C=O) groups excluding carboxylic acids is 1. The van der Waals surface area contributed by atoms with Gasteiger partial charge in [0.05, 0.1) is 17.1 Å². The van der Waals surface area contributed by atoms with Gasteiger partial charge in [0.25, 0.3) is 5.91 Å². The molecule has 1 heterocycles. The van der Waals surface area contributed by atoms with Gasteiger partial charge in [0.1, 0.15) is 11.5 Å². The molecule has 0 aliphatic rings. The van der Waals surface area contributed by atoms with Gasteiger partial charge >= 0.3 is 0 Å². The standard InChI is InChI=1S/C14H13BrClNO2/c1-9-3-5-11(19-9)8-17(2)14(18)12-7-10(15)4-6-13(12)16/h3-7H,8H2,1-2H3. The molecule has 0 saturated carbocycles. The summed E-state index contributed by atoms with van der Waals surface area (Å²) in [4.78, 5) is 13.9. The molecule has 3 nitrogen and oxygen atoms in total. The average Bonchev–Trinajstić information content (AvgIpc) is 2.77. The molecule has 0 atom stereocenters. The van der Waals surface area contributed by atoms with Gasteiger partial charge in [0.15, 0.2) is 0 Å². The molecule has 2 rings (SSSR count). The molecule has 1 amide bonds. The van der Waals surface area contributed by atoms with Gasteiger partial charge in [-0.1, -0.05) is 27.5 Å². The number of nitrogens with zero attached hydrogens (tertiary/aromatic N) is 1. The fourth-order valence-electron chi connectivity index (χ4n) is 1.74. The molecule has 0 bridgehead atoms. The lowest BCUT2D eigenvalue weighted by Gasteiger charge is -2.16. The first kappa shape index (κ1) is 14.2. The van der Waals surface area contributed by atoms with Gasteiger partial charge < -0.3 is 9.32 Å². The number of hydrogen-bond donors (Lipinski definition) is 0. The van der Waals surface area contributed by atoms with Crippen LogP contribution in [0.25, 0.3) is 0 Å². The molecule has 100 valence electrons. The minimum Gasteiger partial charge on any atom is -0.464 e. The van der Waals surface area contributed by atoms with E-state index in [0.717, 1.165) is 16.0 Å². The Balaban J connectivity index is 2.16. The Bertz CT molecular complexity index is 609. The Morgan fingerprint density at radius 3 is 2.74 bits per heavy atom. The summed E-state index contributed by atoms with van der Waals surface area (Å²) in [6.45, 7) is 2.28. The van der Waals surface area contributed by atoms with Crippen molar-refractivity contribution in [2.24, 2.45) is 0 Å². The lowest BCUT2D eigenvalue weighted by atomic mass is 10.2. The predicted molar refractivity (Wildman–Crippen MR) is 78.4 cm³/mol. The number of halogens is 2. The summed E-state index contributed by atoms with van der Waals surface area (Å²) < 4.78 is 6.28. The van der Waals surface area contributed by atoms with E-state index in [0.29, 0.717) is 17.1 Å². The van der Waals surface area contributed by atoms with Crippen molar-refractivity contribution in [1.29, 1.82) is 0 Å². The second-order valence-corrected chi connectivity index (χ2v) is 5.62. The highest BCUT2D eigenvalue weighted by Crippen LogP contribution is 2.22. The highest BCUT2D eigenvalue weighted by atomic mass is 79.9. The van der Waals surface area contributed by atoms with E-state index in [1.807, 2.05) is 19.1 Å². The third-order valence-corrected chi connectivity index (χ3v) is 3.52. The van der Waals surface area contributed by atoms with Crippen molar-refractivity contribution < 1.29 is 9.21 Å². The molecular formula is C14H13BrClNO2. The van der Waals surface area contributed by atoms with Gasteiger partial charge in [-0.25, -0.2) is 0 Å². The highest BCUT2D eigenvalue weighted by molar-refractivity contribution is 9.10. The third-order valence-electron chi connectivity index (χ3n) is 2.69. The van der Waals surface area contributed by atoms with Crippen molar-refractivity contribution in [2.75, 3.05) is 7.05 Å². The maximum atomic E-state index is 12.3. The van der Waals surface area contributed by atoms with E-state index in [2.05, 4.69) is 15.9 Å². The van der Waals surface area contributed by atoms with Crippen LogP contribution in [0.1, 0.15) is 21.9 Å². The minimum absolute atomic E-state index is 0.139. The van der Waals surface area contributed by atoms with Crippen LogP contribution < -0.4 is 0 Å². The smallest absolute Gasteiger partial charge is 0.255 e. The highest BCUT2D eigenvalue weighted by Gasteiger charge is 2.16. The number of amides is 1. The molecule has 5 heteroatoms. The summed E-state index contributed by atoms with van der Waals surface area (Å²) in [6.07, 6.45) is 0. The van der Waals surface area contributed by atoms with Crippen LogP contribution in [0.2, 0.25) is 5.02 Å². The van der Waals surface area contributed by atoms with Crippen LogP contribution in [0.4, 0.5) is 0 Å². The molecule has 0 unspecified atom stereocenters. The summed E-state index contributed by atoms with van der Waals surface area (Å²) in [5, 5.41) is 0.440. The third kappa shape index (κ3) is 3.39. The first-order valence-corrected chi connectivity index (χ1v) is 6.90. The molecule has 19 heavy (non-hydrogen) atoms. The maximum Gasteiger partial charge on any atom is 0.255 e. The maximum absolute atomic E-state index is 12.3. The summed E-state index contributed by atoms with van der Waals surface area (Å²) in [7, 11) is 1.72. The molecule has 0 aliphatic heterocycles. The lowest BCUT2D eigenvalue weighted by molar-refractivity contribution is 0.0775. The number of benzene rings is 1. The molecule has 0 spiro atoms. The fourth-order valence-corrected chi connectivity index (χ4v) is 2.30. The number of carbonyl (C=O) groups is 1. The fraction of sp³-hybridized carbons (Fsp3) is 0.214. The zero-order chi connectivity index (χ0) is 14.0. The normalized spacial score (nSPS) is 10.5. The zero-order valence-corrected chi connectivity index (χ0v) is 13.0. The van der Waals surface area contributed by atoms with Crippen molar-refractivity contribution in [2.45, 2.75) is 13.5 Å². The molecule has 0 fully saturated rings. The van der Waals surface area contributed by atoms with Gasteiger partial charge in [-0.05, 0) is 37.3 Å². The second-order valence-electron chi connectivity index (χ2n) is 4.30.